The third-order valence-electron chi connectivity index (χ3n) is 2.83. The van der Waals surface area contributed by atoms with Crippen molar-refractivity contribution in [2.24, 2.45) is 0 Å². The monoisotopic (exact) mass is 298 g/mol. The molecule has 0 saturated heterocycles. The van der Waals surface area contributed by atoms with E-state index in [1.54, 1.807) is 0 Å². The molecular weight excluding hydrogens is 276 g/mol. The van der Waals surface area contributed by atoms with E-state index in [2.05, 4.69) is 65.1 Å². The van der Waals surface area contributed by atoms with Gasteiger partial charge in [0.15, 0.2) is 0 Å². The maximum absolute atomic E-state index is 3.57. The van der Waals surface area contributed by atoms with E-state index in [9.17, 15) is 0 Å². The first kappa shape index (κ1) is 14.5. The van der Waals surface area contributed by atoms with Gasteiger partial charge in [0.1, 0.15) is 0 Å². The van der Waals surface area contributed by atoms with Crippen LogP contribution >= 0.6 is 15.9 Å². The number of hydrogen-bond acceptors (Lipinski definition) is 2. The molecule has 0 aliphatic rings. The molecule has 0 radical (unpaired) electrons. The van der Waals surface area contributed by atoms with Crippen molar-refractivity contribution in [2.45, 2.75) is 33.7 Å². The lowest BCUT2D eigenvalue weighted by molar-refractivity contribution is 0.716. The van der Waals surface area contributed by atoms with Gasteiger partial charge in [-0.15, -0.1) is 0 Å². The van der Waals surface area contributed by atoms with Crippen molar-refractivity contribution >= 4 is 21.6 Å². The second-order valence-corrected chi connectivity index (χ2v) is 5.05. The van der Waals surface area contributed by atoms with Crippen molar-refractivity contribution in [3.05, 3.63) is 28.2 Å². The van der Waals surface area contributed by atoms with Crippen molar-refractivity contribution < 1.29 is 0 Å². The Morgan fingerprint density at radius 3 is 2.59 bits per heavy atom. The van der Waals surface area contributed by atoms with Gasteiger partial charge in [0.2, 0.25) is 0 Å². The van der Waals surface area contributed by atoms with Crippen LogP contribution in [0.5, 0.6) is 0 Å². The van der Waals surface area contributed by atoms with Gasteiger partial charge >= 0.3 is 0 Å². The minimum Gasteiger partial charge on any atom is -0.372 e. The fraction of sp³-hybridized carbons (Fsp3) is 0.571. The zero-order valence-electron chi connectivity index (χ0n) is 11.1. The normalized spacial score (nSPS) is 10.6. The SMILES string of the molecule is CCCN(CC)c1cc(Br)ccc1CNCC. The molecular formula is C14H23BrN2. The maximum Gasteiger partial charge on any atom is 0.0423 e. The van der Waals surface area contributed by atoms with Crippen LogP contribution in [0.1, 0.15) is 32.8 Å². The van der Waals surface area contributed by atoms with E-state index < -0.39 is 0 Å². The molecule has 0 aliphatic carbocycles. The number of rotatable bonds is 7. The van der Waals surface area contributed by atoms with E-state index in [-0.39, 0.29) is 0 Å². The molecule has 17 heavy (non-hydrogen) atoms. The van der Waals surface area contributed by atoms with Gasteiger partial charge in [0, 0.05) is 29.8 Å². The van der Waals surface area contributed by atoms with E-state index in [0.29, 0.717) is 0 Å². The molecule has 0 aliphatic heterocycles. The van der Waals surface area contributed by atoms with Crippen LogP contribution < -0.4 is 10.2 Å². The molecule has 0 fully saturated rings. The van der Waals surface area contributed by atoms with Crippen LogP contribution in [0.4, 0.5) is 5.69 Å². The molecule has 1 aromatic carbocycles. The average molecular weight is 299 g/mol. The topological polar surface area (TPSA) is 15.3 Å². The van der Waals surface area contributed by atoms with Gasteiger partial charge in [-0.25, -0.2) is 0 Å². The first-order valence-corrected chi connectivity index (χ1v) is 7.26. The van der Waals surface area contributed by atoms with Crippen LogP contribution in [-0.4, -0.2) is 19.6 Å². The highest BCUT2D eigenvalue weighted by atomic mass is 79.9. The summed E-state index contributed by atoms with van der Waals surface area (Å²) in [6.07, 6.45) is 1.18. The van der Waals surface area contributed by atoms with Crippen LogP contribution in [0.3, 0.4) is 0 Å². The van der Waals surface area contributed by atoms with Crippen LogP contribution in [0.15, 0.2) is 22.7 Å². The average Bonchev–Trinajstić information content (AvgIpc) is 2.34. The Morgan fingerprint density at radius 2 is 2.00 bits per heavy atom. The summed E-state index contributed by atoms with van der Waals surface area (Å²) in [6, 6.07) is 6.56. The van der Waals surface area contributed by atoms with Gasteiger partial charge in [-0.2, -0.15) is 0 Å². The number of anilines is 1. The third kappa shape index (κ3) is 4.32. The summed E-state index contributed by atoms with van der Waals surface area (Å²) in [6.45, 7) is 10.7. The largest absolute Gasteiger partial charge is 0.372 e. The van der Waals surface area contributed by atoms with Gasteiger partial charge in [-0.1, -0.05) is 35.8 Å². The van der Waals surface area contributed by atoms with Gasteiger partial charge in [-0.05, 0) is 37.6 Å². The molecule has 1 N–H and O–H groups in total. The van der Waals surface area contributed by atoms with E-state index in [4.69, 9.17) is 0 Å². The summed E-state index contributed by atoms with van der Waals surface area (Å²) in [5.41, 5.74) is 2.73. The van der Waals surface area contributed by atoms with E-state index in [1.807, 2.05) is 0 Å². The summed E-state index contributed by atoms with van der Waals surface area (Å²) in [5.74, 6) is 0. The number of hydrogen-bond donors (Lipinski definition) is 1. The molecule has 0 unspecified atom stereocenters. The van der Waals surface area contributed by atoms with Gasteiger partial charge < -0.3 is 10.2 Å². The van der Waals surface area contributed by atoms with E-state index in [1.165, 1.54) is 17.7 Å². The summed E-state index contributed by atoms with van der Waals surface area (Å²) in [7, 11) is 0. The van der Waals surface area contributed by atoms with Crippen molar-refractivity contribution in [1.82, 2.24) is 5.32 Å². The highest BCUT2D eigenvalue weighted by Crippen LogP contribution is 2.25. The Morgan fingerprint density at radius 1 is 1.24 bits per heavy atom. The lowest BCUT2D eigenvalue weighted by Crippen LogP contribution is -2.26. The predicted molar refractivity (Wildman–Crippen MR) is 79.7 cm³/mol. The van der Waals surface area contributed by atoms with Gasteiger partial charge in [0.25, 0.3) is 0 Å². The van der Waals surface area contributed by atoms with Crippen LogP contribution in [-0.2, 0) is 6.54 Å². The molecule has 0 bridgehead atoms. The molecule has 0 saturated carbocycles. The van der Waals surface area contributed by atoms with Crippen LogP contribution in [0.25, 0.3) is 0 Å². The Hall–Kier alpha value is -0.540. The molecule has 0 amide bonds. The number of halogens is 1. The minimum absolute atomic E-state index is 0.944. The van der Waals surface area contributed by atoms with E-state index >= 15 is 0 Å². The Labute approximate surface area is 114 Å². The fourth-order valence-corrected chi connectivity index (χ4v) is 2.31. The van der Waals surface area contributed by atoms with Crippen molar-refractivity contribution in [3.63, 3.8) is 0 Å². The Kier molecular flexibility index (Phi) is 6.60. The fourth-order valence-electron chi connectivity index (χ4n) is 1.96. The van der Waals surface area contributed by atoms with Gasteiger partial charge in [0.05, 0.1) is 0 Å². The molecule has 0 atom stereocenters. The summed E-state index contributed by atoms with van der Waals surface area (Å²) < 4.78 is 1.15. The minimum atomic E-state index is 0.944. The first-order valence-electron chi connectivity index (χ1n) is 6.47. The van der Waals surface area contributed by atoms with Crippen molar-refractivity contribution in [1.29, 1.82) is 0 Å². The van der Waals surface area contributed by atoms with Crippen molar-refractivity contribution in [3.8, 4) is 0 Å². The molecule has 0 spiro atoms. The summed E-state index contributed by atoms with van der Waals surface area (Å²) in [5, 5.41) is 3.40. The second-order valence-electron chi connectivity index (χ2n) is 4.13. The third-order valence-corrected chi connectivity index (χ3v) is 3.32. The maximum atomic E-state index is 3.57. The molecule has 1 rings (SSSR count). The zero-order chi connectivity index (χ0) is 12.7. The number of nitrogens with zero attached hydrogens (tertiary/aromatic N) is 1. The molecule has 3 heteroatoms. The highest BCUT2D eigenvalue weighted by Gasteiger charge is 2.09. The first-order chi connectivity index (χ1) is 8.22. The summed E-state index contributed by atoms with van der Waals surface area (Å²) >= 11 is 3.57. The standard InChI is InChI=1S/C14H23BrN2/c1-4-9-17(6-3)14-10-13(15)8-7-12(14)11-16-5-2/h7-8,10,16H,4-6,9,11H2,1-3H3. The smallest absolute Gasteiger partial charge is 0.0423 e. The summed E-state index contributed by atoms with van der Waals surface area (Å²) in [4.78, 5) is 2.44. The molecule has 1 aromatic rings. The molecule has 96 valence electrons. The van der Waals surface area contributed by atoms with Gasteiger partial charge in [-0.3, -0.25) is 0 Å². The zero-order valence-corrected chi connectivity index (χ0v) is 12.7. The second kappa shape index (κ2) is 7.72. The lowest BCUT2D eigenvalue weighted by atomic mass is 10.1. The lowest BCUT2D eigenvalue weighted by Gasteiger charge is -2.25. The quantitative estimate of drug-likeness (QED) is 0.824. The highest BCUT2D eigenvalue weighted by molar-refractivity contribution is 9.10. The molecule has 0 heterocycles. The predicted octanol–water partition coefficient (Wildman–Crippen LogP) is 3.79. The Bertz CT molecular complexity index is 339. The molecule has 2 nitrogen and oxygen atoms in total. The number of nitrogens with one attached hydrogen (secondary N) is 1. The Balaban J connectivity index is 2.95. The van der Waals surface area contributed by atoms with Crippen LogP contribution in [0.2, 0.25) is 0 Å². The van der Waals surface area contributed by atoms with Crippen molar-refractivity contribution in [2.75, 3.05) is 24.5 Å². The number of benzene rings is 1. The van der Waals surface area contributed by atoms with E-state index in [0.717, 1.165) is 30.7 Å². The molecule has 0 aromatic heterocycles. The van der Waals surface area contributed by atoms with Crippen LogP contribution in [0, 0.1) is 0 Å².